The quantitative estimate of drug-likeness (QED) is 0.745. The molecular formula is C14H12ClN3O2S. The van der Waals surface area contributed by atoms with Gasteiger partial charge >= 0.3 is 5.97 Å². The molecule has 0 aliphatic heterocycles. The zero-order valence-corrected chi connectivity index (χ0v) is 13.0. The number of hydrogen-bond donors (Lipinski definition) is 1. The molecule has 0 atom stereocenters. The number of carbonyl (C=O) groups excluding carboxylic acids is 1. The maximum Gasteiger partial charge on any atom is 0.351 e. The van der Waals surface area contributed by atoms with Gasteiger partial charge in [0.15, 0.2) is 15.2 Å². The number of rotatable bonds is 3. The van der Waals surface area contributed by atoms with E-state index in [1.165, 1.54) is 7.11 Å². The van der Waals surface area contributed by atoms with Crippen LogP contribution in [-0.2, 0) is 11.8 Å². The van der Waals surface area contributed by atoms with Gasteiger partial charge in [0.05, 0.1) is 7.11 Å². The van der Waals surface area contributed by atoms with Gasteiger partial charge in [-0.1, -0.05) is 29.0 Å². The lowest BCUT2D eigenvalue weighted by Gasteiger charge is -2.03. The largest absolute Gasteiger partial charge is 0.465 e. The first kappa shape index (κ1) is 13.9. The number of nitrogens with one attached hydrogen (secondary N) is 1. The normalized spacial score (nSPS) is 10.8. The second-order valence-corrected chi connectivity index (χ2v) is 5.81. The average Bonchev–Trinajstić information content (AvgIpc) is 3.02. The fourth-order valence-corrected chi connectivity index (χ4v) is 3.16. The van der Waals surface area contributed by atoms with Gasteiger partial charge in [-0.2, -0.15) is 0 Å². The molecule has 1 aromatic carbocycles. The number of nitrogens with zero attached hydrogens (tertiary/aromatic N) is 2. The lowest BCUT2D eigenvalue weighted by Crippen LogP contribution is -1.98. The minimum atomic E-state index is -0.483. The second kappa shape index (κ2) is 5.38. The first-order valence-electron chi connectivity index (χ1n) is 6.15. The molecule has 7 heteroatoms. The van der Waals surface area contributed by atoms with Gasteiger partial charge in [-0.25, -0.2) is 9.78 Å². The van der Waals surface area contributed by atoms with Gasteiger partial charge in [0.1, 0.15) is 0 Å². The maximum absolute atomic E-state index is 11.5. The van der Waals surface area contributed by atoms with E-state index >= 15 is 0 Å². The molecule has 5 nitrogen and oxygen atoms in total. The highest BCUT2D eigenvalue weighted by molar-refractivity contribution is 7.18. The molecule has 108 valence electrons. The Kier molecular flexibility index (Phi) is 3.57. The third-order valence-electron chi connectivity index (χ3n) is 3.10. The van der Waals surface area contributed by atoms with Crippen molar-refractivity contribution in [1.29, 1.82) is 0 Å². The summed E-state index contributed by atoms with van der Waals surface area (Å²) in [6, 6.07) is 8.04. The number of anilines is 2. The molecule has 0 aliphatic rings. The van der Waals surface area contributed by atoms with Crippen LogP contribution in [0.25, 0.3) is 10.9 Å². The molecule has 3 rings (SSSR count). The lowest BCUT2D eigenvalue weighted by atomic mass is 10.2. The topological polar surface area (TPSA) is 56.1 Å². The van der Waals surface area contributed by atoms with Crippen molar-refractivity contribution in [2.24, 2.45) is 7.05 Å². The van der Waals surface area contributed by atoms with Crippen LogP contribution in [0.4, 0.5) is 10.8 Å². The van der Waals surface area contributed by atoms with E-state index in [4.69, 9.17) is 11.6 Å². The van der Waals surface area contributed by atoms with E-state index in [9.17, 15) is 4.79 Å². The highest BCUT2D eigenvalue weighted by Crippen LogP contribution is 2.30. The van der Waals surface area contributed by atoms with Gasteiger partial charge in [-0.3, -0.25) is 0 Å². The first-order chi connectivity index (χ1) is 10.1. The van der Waals surface area contributed by atoms with E-state index in [0.29, 0.717) is 10.0 Å². The van der Waals surface area contributed by atoms with E-state index in [2.05, 4.69) is 21.1 Å². The number of methoxy groups -OCH3 is 1. The summed E-state index contributed by atoms with van der Waals surface area (Å²) in [5.41, 5.74) is 1.99. The molecule has 0 amide bonds. The van der Waals surface area contributed by atoms with Crippen LogP contribution in [0.1, 0.15) is 9.67 Å². The smallest absolute Gasteiger partial charge is 0.351 e. The van der Waals surface area contributed by atoms with Gasteiger partial charge in [0.2, 0.25) is 0 Å². The van der Waals surface area contributed by atoms with Crippen molar-refractivity contribution < 1.29 is 9.53 Å². The summed E-state index contributed by atoms with van der Waals surface area (Å²) in [7, 11) is 3.30. The Labute approximate surface area is 130 Å². The molecule has 0 radical (unpaired) electrons. The summed E-state index contributed by atoms with van der Waals surface area (Å²) >= 11 is 7.11. The minimum Gasteiger partial charge on any atom is -0.465 e. The number of halogens is 1. The minimum absolute atomic E-state index is 0.147. The van der Waals surface area contributed by atoms with Crippen molar-refractivity contribution in [1.82, 2.24) is 9.55 Å². The average molecular weight is 322 g/mol. The molecule has 0 fully saturated rings. The van der Waals surface area contributed by atoms with Crippen LogP contribution in [0.2, 0.25) is 5.15 Å². The van der Waals surface area contributed by atoms with Crippen LogP contribution in [0.15, 0.2) is 30.5 Å². The Balaban J connectivity index is 1.91. The molecule has 0 aliphatic carbocycles. The van der Waals surface area contributed by atoms with Gasteiger partial charge in [-0.15, -0.1) is 0 Å². The number of hydrogen-bond acceptors (Lipinski definition) is 5. The molecular weight excluding hydrogens is 310 g/mol. The number of fused-ring (bicyclic) bond motifs is 1. The van der Waals surface area contributed by atoms with Crippen molar-refractivity contribution in [3.05, 3.63) is 40.5 Å². The molecule has 2 aromatic heterocycles. The Morgan fingerprint density at radius 3 is 3.00 bits per heavy atom. The third kappa shape index (κ3) is 2.59. The second-order valence-electron chi connectivity index (χ2n) is 4.46. The number of aromatic nitrogens is 2. The van der Waals surface area contributed by atoms with Crippen molar-refractivity contribution in [2.45, 2.75) is 0 Å². The Morgan fingerprint density at radius 1 is 1.43 bits per heavy atom. The van der Waals surface area contributed by atoms with Gasteiger partial charge < -0.3 is 14.6 Å². The molecule has 21 heavy (non-hydrogen) atoms. The lowest BCUT2D eigenvalue weighted by molar-refractivity contribution is 0.0606. The fraction of sp³-hybridized carbons (Fsp3) is 0.143. The molecule has 0 unspecified atom stereocenters. The van der Waals surface area contributed by atoms with Gasteiger partial charge in [0.25, 0.3) is 0 Å². The van der Waals surface area contributed by atoms with E-state index in [1.807, 2.05) is 36.0 Å². The zero-order chi connectivity index (χ0) is 15.0. The zero-order valence-electron chi connectivity index (χ0n) is 11.4. The van der Waals surface area contributed by atoms with Gasteiger partial charge in [-0.05, 0) is 23.6 Å². The van der Waals surface area contributed by atoms with Crippen molar-refractivity contribution in [3.8, 4) is 0 Å². The van der Waals surface area contributed by atoms with Crippen LogP contribution in [-0.4, -0.2) is 22.6 Å². The van der Waals surface area contributed by atoms with Gasteiger partial charge in [0, 0.05) is 24.4 Å². The van der Waals surface area contributed by atoms with E-state index < -0.39 is 5.97 Å². The fourth-order valence-electron chi connectivity index (χ4n) is 2.04. The van der Waals surface area contributed by atoms with Crippen molar-refractivity contribution >= 4 is 50.6 Å². The highest BCUT2D eigenvalue weighted by Gasteiger charge is 2.17. The number of aryl methyl sites for hydroxylation is 1. The molecule has 0 spiro atoms. The Morgan fingerprint density at radius 2 is 2.24 bits per heavy atom. The van der Waals surface area contributed by atoms with E-state index in [1.54, 1.807) is 0 Å². The molecule has 0 bridgehead atoms. The number of benzene rings is 1. The Hall–Kier alpha value is -2.05. The summed E-state index contributed by atoms with van der Waals surface area (Å²) in [6.07, 6.45) is 2.00. The standard InChI is InChI=1S/C14H12ClN3O2S/c1-18-6-5-8-3-4-9(7-10(8)18)16-14-17-12(15)11(21-14)13(19)20-2/h3-7H,1-2H3,(H,16,17). The maximum atomic E-state index is 11.5. The molecule has 0 saturated heterocycles. The predicted molar refractivity (Wildman–Crippen MR) is 84.7 cm³/mol. The van der Waals surface area contributed by atoms with Crippen LogP contribution >= 0.6 is 22.9 Å². The van der Waals surface area contributed by atoms with Crippen LogP contribution in [0.5, 0.6) is 0 Å². The SMILES string of the molecule is COC(=O)c1sc(Nc2ccc3ccn(C)c3c2)nc1Cl. The predicted octanol–water partition coefficient (Wildman–Crippen LogP) is 3.82. The molecule has 3 aromatic rings. The monoisotopic (exact) mass is 321 g/mol. The summed E-state index contributed by atoms with van der Waals surface area (Å²) in [5, 5.41) is 5.02. The summed E-state index contributed by atoms with van der Waals surface area (Å²) < 4.78 is 6.70. The number of thiazole rings is 1. The van der Waals surface area contributed by atoms with E-state index in [-0.39, 0.29) is 5.15 Å². The Bertz CT molecular complexity index is 825. The summed E-state index contributed by atoms with van der Waals surface area (Å²) in [4.78, 5) is 15.9. The van der Waals surface area contributed by atoms with Crippen molar-refractivity contribution in [2.75, 3.05) is 12.4 Å². The summed E-state index contributed by atoms with van der Waals surface area (Å²) in [5.74, 6) is -0.483. The molecule has 0 saturated carbocycles. The highest BCUT2D eigenvalue weighted by atomic mass is 35.5. The van der Waals surface area contributed by atoms with Crippen LogP contribution in [0, 0.1) is 0 Å². The number of carbonyl (C=O) groups is 1. The number of esters is 1. The number of ether oxygens (including phenoxy) is 1. The van der Waals surface area contributed by atoms with E-state index in [0.717, 1.165) is 27.9 Å². The first-order valence-corrected chi connectivity index (χ1v) is 7.34. The van der Waals surface area contributed by atoms with Crippen molar-refractivity contribution in [3.63, 3.8) is 0 Å². The molecule has 2 heterocycles. The van der Waals surface area contributed by atoms with Crippen LogP contribution < -0.4 is 5.32 Å². The third-order valence-corrected chi connectivity index (χ3v) is 4.43. The summed E-state index contributed by atoms with van der Waals surface area (Å²) in [6.45, 7) is 0. The van der Waals surface area contributed by atoms with Crippen LogP contribution in [0.3, 0.4) is 0 Å². The molecule has 1 N–H and O–H groups in total.